The molecule has 1 heterocycles. The lowest BCUT2D eigenvalue weighted by atomic mass is 10.1. The molecule has 0 saturated heterocycles. The lowest BCUT2D eigenvalue weighted by Gasteiger charge is -2.14. The van der Waals surface area contributed by atoms with E-state index in [0.29, 0.717) is 12.5 Å². The Bertz CT molecular complexity index is 344. The van der Waals surface area contributed by atoms with Crippen LogP contribution in [-0.2, 0) is 4.74 Å². The molecule has 0 aromatic carbocycles. The van der Waals surface area contributed by atoms with Crippen LogP contribution in [0.15, 0.2) is 18.5 Å². The molecule has 0 spiro atoms. The van der Waals surface area contributed by atoms with Crippen LogP contribution in [0.4, 0.5) is 4.39 Å². The topological polar surface area (TPSA) is 34.1 Å². The number of rotatable bonds is 8. The van der Waals surface area contributed by atoms with Gasteiger partial charge in [0, 0.05) is 25.4 Å². The molecule has 1 N–H and O–H groups in total. The smallest absolute Gasteiger partial charge is 0.141 e. The van der Waals surface area contributed by atoms with Crippen molar-refractivity contribution in [1.82, 2.24) is 10.3 Å². The van der Waals surface area contributed by atoms with Crippen LogP contribution >= 0.6 is 0 Å². The van der Waals surface area contributed by atoms with Gasteiger partial charge in [-0.2, -0.15) is 0 Å². The van der Waals surface area contributed by atoms with E-state index in [4.69, 9.17) is 4.74 Å². The molecule has 0 saturated carbocycles. The number of nitrogens with one attached hydrogen (secondary N) is 1. The van der Waals surface area contributed by atoms with E-state index in [2.05, 4.69) is 24.1 Å². The molecule has 0 amide bonds. The minimum atomic E-state index is -0.297. The summed E-state index contributed by atoms with van der Waals surface area (Å²) in [7, 11) is 0. The van der Waals surface area contributed by atoms with E-state index in [1.807, 2.05) is 6.92 Å². The summed E-state index contributed by atoms with van der Waals surface area (Å²) in [4.78, 5) is 3.84. The van der Waals surface area contributed by atoms with Gasteiger partial charge < -0.3 is 10.1 Å². The molecule has 1 unspecified atom stereocenters. The van der Waals surface area contributed by atoms with E-state index >= 15 is 0 Å². The monoisotopic (exact) mass is 254 g/mol. The molecule has 0 aliphatic rings. The molecule has 0 aliphatic carbocycles. The highest BCUT2D eigenvalue weighted by Crippen LogP contribution is 2.11. The molecular weight excluding hydrogens is 231 g/mol. The lowest BCUT2D eigenvalue weighted by Crippen LogP contribution is -2.23. The van der Waals surface area contributed by atoms with Crippen LogP contribution in [0.5, 0.6) is 0 Å². The second-order valence-corrected chi connectivity index (χ2v) is 4.91. The third kappa shape index (κ3) is 6.07. The van der Waals surface area contributed by atoms with E-state index in [1.54, 1.807) is 6.20 Å². The van der Waals surface area contributed by atoms with Gasteiger partial charge >= 0.3 is 0 Å². The quantitative estimate of drug-likeness (QED) is 0.724. The number of hydrogen-bond donors (Lipinski definition) is 1. The van der Waals surface area contributed by atoms with E-state index in [9.17, 15) is 4.39 Å². The minimum Gasteiger partial charge on any atom is -0.380 e. The molecule has 4 heteroatoms. The fourth-order valence-electron chi connectivity index (χ4n) is 1.55. The van der Waals surface area contributed by atoms with Gasteiger partial charge in [0.25, 0.3) is 0 Å². The maximum atomic E-state index is 13.0. The highest BCUT2D eigenvalue weighted by Gasteiger charge is 2.05. The maximum Gasteiger partial charge on any atom is 0.141 e. The van der Waals surface area contributed by atoms with Crippen LogP contribution in [0.25, 0.3) is 0 Å². The zero-order valence-electron chi connectivity index (χ0n) is 11.4. The number of nitrogens with zero attached hydrogens (tertiary/aromatic N) is 1. The van der Waals surface area contributed by atoms with Crippen LogP contribution in [0.2, 0.25) is 0 Å². The summed E-state index contributed by atoms with van der Waals surface area (Å²) < 4.78 is 18.5. The predicted molar refractivity (Wildman–Crippen MR) is 70.9 cm³/mol. The van der Waals surface area contributed by atoms with Crippen molar-refractivity contribution in [3.05, 3.63) is 29.8 Å². The van der Waals surface area contributed by atoms with E-state index < -0.39 is 0 Å². The summed E-state index contributed by atoms with van der Waals surface area (Å²) in [5, 5.41) is 3.28. The number of aromatic nitrogens is 1. The van der Waals surface area contributed by atoms with Crippen molar-refractivity contribution in [3.63, 3.8) is 0 Å². The van der Waals surface area contributed by atoms with Crippen LogP contribution in [0.1, 0.15) is 38.8 Å². The van der Waals surface area contributed by atoms with Gasteiger partial charge in [-0.3, -0.25) is 4.98 Å². The Morgan fingerprint density at radius 2 is 2.06 bits per heavy atom. The van der Waals surface area contributed by atoms with Crippen molar-refractivity contribution in [2.45, 2.75) is 33.2 Å². The van der Waals surface area contributed by atoms with Crippen LogP contribution < -0.4 is 5.32 Å². The first-order chi connectivity index (χ1) is 8.59. The van der Waals surface area contributed by atoms with Crippen molar-refractivity contribution in [1.29, 1.82) is 0 Å². The molecule has 1 atom stereocenters. The molecule has 18 heavy (non-hydrogen) atoms. The second kappa shape index (κ2) is 8.16. The average molecular weight is 254 g/mol. The average Bonchev–Trinajstić information content (AvgIpc) is 2.33. The van der Waals surface area contributed by atoms with Crippen molar-refractivity contribution in [2.24, 2.45) is 5.92 Å². The summed E-state index contributed by atoms with van der Waals surface area (Å²) in [6.45, 7) is 8.59. The summed E-state index contributed by atoms with van der Waals surface area (Å²) in [5.74, 6) is 0.379. The van der Waals surface area contributed by atoms with E-state index in [1.165, 1.54) is 12.3 Å². The predicted octanol–water partition coefficient (Wildman–Crippen LogP) is 2.93. The largest absolute Gasteiger partial charge is 0.380 e. The normalized spacial score (nSPS) is 12.9. The number of halogens is 1. The Labute approximate surface area is 109 Å². The Balaban J connectivity index is 2.15. The fraction of sp³-hybridized carbons (Fsp3) is 0.643. The molecule has 0 fully saturated rings. The zero-order chi connectivity index (χ0) is 13.4. The molecule has 1 aromatic heterocycles. The summed E-state index contributed by atoms with van der Waals surface area (Å²) >= 11 is 0. The lowest BCUT2D eigenvalue weighted by molar-refractivity contribution is 0.123. The highest BCUT2D eigenvalue weighted by molar-refractivity contribution is 5.14. The third-order valence-corrected chi connectivity index (χ3v) is 2.76. The summed E-state index contributed by atoms with van der Waals surface area (Å²) in [5.41, 5.74) is 0.859. The Morgan fingerprint density at radius 3 is 2.72 bits per heavy atom. The van der Waals surface area contributed by atoms with Crippen LogP contribution in [0, 0.1) is 11.7 Å². The Kier molecular flexibility index (Phi) is 6.83. The first kappa shape index (κ1) is 15.1. The molecule has 0 bridgehead atoms. The van der Waals surface area contributed by atoms with Crippen molar-refractivity contribution < 1.29 is 9.13 Å². The van der Waals surface area contributed by atoms with E-state index in [0.717, 1.165) is 25.1 Å². The van der Waals surface area contributed by atoms with Gasteiger partial charge in [0.15, 0.2) is 0 Å². The molecular formula is C14H23FN2O. The zero-order valence-corrected chi connectivity index (χ0v) is 11.4. The van der Waals surface area contributed by atoms with Gasteiger partial charge in [-0.15, -0.1) is 0 Å². The number of pyridine rings is 1. The SMILES string of the molecule is CC(C)CCOCCNC(C)c1cncc(F)c1. The number of ether oxygens (including phenoxy) is 1. The van der Waals surface area contributed by atoms with E-state index in [-0.39, 0.29) is 11.9 Å². The summed E-state index contributed by atoms with van der Waals surface area (Å²) in [6.07, 6.45) is 3.98. The van der Waals surface area contributed by atoms with Gasteiger partial charge in [-0.1, -0.05) is 13.8 Å². The van der Waals surface area contributed by atoms with Crippen molar-refractivity contribution >= 4 is 0 Å². The Morgan fingerprint density at radius 1 is 1.28 bits per heavy atom. The standard InChI is InChI=1S/C14H23FN2O/c1-11(2)4-6-18-7-5-17-12(3)13-8-14(15)10-16-9-13/h8-12,17H,4-7H2,1-3H3. The molecule has 102 valence electrons. The maximum absolute atomic E-state index is 13.0. The molecule has 3 nitrogen and oxygen atoms in total. The molecule has 0 radical (unpaired) electrons. The first-order valence-corrected chi connectivity index (χ1v) is 6.51. The molecule has 0 aliphatic heterocycles. The number of hydrogen-bond acceptors (Lipinski definition) is 3. The molecule has 1 rings (SSSR count). The van der Waals surface area contributed by atoms with Gasteiger partial charge in [0.2, 0.25) is 0 Å². The van der Waals surface area contributed by atoms with Gasteiger partial charge in [0.05, 0.1) is 12.8 Å². The highest BCUT2D eigenvalue weighted by atomic mass is 19.1. The fourth-order valence-corrected chi connectivity index (χ4v) is 1.55. The van der Waals surface area contributed by atoms with Crippen LogP contribution in [-0.4, -0.2) is 24.7 Å². The molecule has 1 aromatic rings. The van der Waals surface area contributed by atoms with Crippen molar-refractivity contribution in [2.75, 3.05) is 19.8 Å². The third-order valence-electron chi connectivity index (χ3n) is 2.76. The van der Waals surface area contributed by atoms with Gasteiger partial charge in [0.1, 0.15) is 5.82 Å². The summed E-state index contributed by atoms with van der Waals surface area (Å²) in [6, 6.07) is 1.59. The van der Waals surface area contributed by atoms with Gasteiger partial charge in [-0.05, 0) is 30.9 Å². The first-order valence-electron chi connectivity index (χ1n) is 6.51. The Hall–Kier alpha value is -1.00. The minimum absolute atomic E-state index is 0.0851. The van der Waals surface area contributed by atoms with Crippen LogP contribution in [0.3, 0.4) is 0 Å². The van der Waals surface area contributed by atoms with Crippen molar-refractivity contribution in [3.8, 4) is 0 Å². The van der Waals surface area contributed by atoms with Gasteiger partial charge in [-0.25, -0.2) is 4.39 Å². The second-order valence-electron chi connectivity index (χ2n) is 4.91.